The normalized spacial score (nSPS) is 9.67. The minimum Gasteiger partial charge on any atom is -0.452 e. The molecule has 0 atom stereocenters. The van der Waals surface area contributed by atoms with Crippen molar-refractivity contribution < 1.29 is 19.1 Å². The van der Waals surface area contributed by atoms with Crippen molar-refractivity contribution in [2.24, 2.45) is 0 Å². The second kappa shape index (κ2) is 7.88. The van der Waals surface area contributed by atoms with Crippen molar-refractivity contribution in [1.29, 1.82) is 0 Å². The number of anilines is 1. The minimum absolute atomic E-state index is 0.340. The van der Waals surface area contributed by atoms with Crippen LogP contribution in [0.3, 0.4) is 0 Å². The van der Waals surface area contributed by atoms with Crippen LogP contribution in [0.4, 0.5) is 10.5 Å². The zero-order chi connectivity index (χ0) is 15.8. The number of ether oxygens (including phenoxy) is 1. The molecule has 0 heterocycles. The lowest BCUT2D eigenvalue weighted by molar-refractivity contribution is -0.123. The molecule has 0 spiro atoms. The third-order valence-electron chi connectivity index (χ3n) is 2.52. The van der Waals surface area contributed by atoms with E-state index in [1.165, 1.54) is 0 Å². The number of nitrogens with one attached hydrogen (secondary N) is 2. The third kappa shape index (κ3) is 5.52. The van der Waals surface area contributed by atoms with Gasteiger partial charge in [0.1, 0.15) is 0 Å². The first-order valence-corrected chi connectivity index (χ1v) is 6.46. The maximum absolute atomic E-state index is 11.8. The second-order valence-electron chi connectivity index (χ2n) is 4.43. The van der Waals surface area contributed by atoms with Crippen LogP contribution in [0.1, 0.15) is 17.3 Å². The van der Waals surface area contributed by atoms with Crippen LogP contribution < -0.4 is 15.5 Å². The zero-order valence-electron chi connectivity index (χ0n) is 12.3. The molecule has 21 heavy (non-hydrogen) atoms. The van der Waals surface area contributed by atoms with E-state index < -0.39 is 24.5 Å². The van der Waals surface area contributed by atoms with Crippen LogP contribution in [0, 0.1) is 0 Å². The van der Waals surface area contributed by atoms with Gasteiger partial charge in [0.25, 0.3) is 5.91 Å². The number of rotatable bonds is 5. The lowest BCUT2D eigenvalue weighted by atomic mass is 10.2. The number of imide groups is 1. The monoisotopic (exact) mass is 293 g/mol. The van der Waals surface area contributed by atoms with Crippen LogP contribution in [0.15, 0.2) is 24.3 Å². The molecule has 0 aliphatic heterocycles. The summed E-state index contributed by atoms with van der Waals surface area (Å²) in [7, 11) is 3.70. The van der Waals surface area contributed by atoms with Gasteiger partial charge in [-0.3, -0.25) is 10.1 Å². The molecule has 2 N–H and O–H groups in total. The molecule has 7 nitrogen and oxygen atoms in total. The van der Waals surface area contributed by atoms with E-state index in [1.807, 2.05) is 30.4 Å². The highest BCUT2D eigenvalue weighted by atomic mass is 16.5. The molecule has 0 radical (unpaired) electrons. The first kappa shape index (κ1) is 16.5. The Morgan fingerprint density at radius 1 is 1.24 bits per heavy atom. The van der Waals surface area contributed by atoms with E-state index in [1.54, 1.807) is 25.1 Å². The standard InChI is InChI=1S/C14H19N3O4/c1-4-15-14(20)16-12(18)9-21-13(19)10-6-5-7-11(8-10)17(2)3/h5-8H,4,9H2,1-3H3,(H2,15,16,18,20). The number of carbonyl (C=O) groups excluding carboxylic acids is 3. The first-order valence-electron chi connectivity index (χ1n) is 6.46. The number of nitrogens with zero attached hydrogens (tertiary/aromatic N) is 1. The van der Waals surface area contributed by atoms with Crippen molar-refractivity contribution in [2.45, 2.75) is 6.92 Å². The average molecular weight is 293 g/mol. The number of esters is 1. The van der Waals surface area contributed by atoms with Crippen LogP contribution in [0.2, 0.25) is 0 Å². The Morgan fingerprint density at radius 2 is 1.95 bits per heavy atom. The molecule has 3 amide bonds. The van der Waals surface area contributed by atoms with Crippen LogP contribution in [0.5, 0.6) is 0 Å². The Kier molecular flexibility index (Phi) is 6.19. The Bertz CT molecular complexity index is 529. The van der Waals surface area contributed by atoms with Gasteiger partial charge in [0.2, 0.25) is 0 Å². The summed E-state index contributed by atoms with van der Waals surface area (Å²) in [4.78, 5) is 36.1. The maximum Gasteiger partial charge on any atom is 0.338 e. The largest absolute Gasteiger partial charge is 0.452 e. The molecule has 1 rings (SSSR count). The zero-order valence-corrected chi connectivity index (χ0v) is 12.3. The minimum atomic E-state index is -0.682. The second-order valence-corrected chi connectivity index (χ2v) is 4.43. The van der Waals surface area contributed by atoms with Gasteiger partial charge in [0.05, 0.1) is 5.56 Å². The van der Waals surface area contributed by atoms with Gasteiger partial charge in [-0.2, -0.15) is 0 Å². The van der Waals surface area contributed by atoms with Gasteiger partial charge in [-0.15, -0.1) is 0 Å². The van der Waals surface area contributed by atoms with Crippen molar-refractivity contribution in [3.05, 3.63) is 29.8 Å². The molecule has 0 aliphatic rings. The summed E-state index contributed by atoms with van der Waals surface area (Å²) in [6.07, 6.45) is 0. The third-order valence-corrected chi connectivity index (χ3v) is 2.52. The Hall–Kier alpha value is -2.57. The number of amides is 3. The summed E-state index contributed by atoms with van der Waals surface area (Å²) in [6, 6.07) is 6.20. The quantitative estimate of drug-likeness (QED) is 0.782. The number of benzene rings is 1. The van der Waals surface area contributed by atoms with Crippen LogP contribution in [-0.2, 0) is 9.53 Å². The molecular formula is C14H19N3O4. The van der Waals surface area contributed by atoms with Gasteiger partial charge < -0.3 is 15.0 Å². The summed E-state index contributed by atoms with van der Waals surface area (Å²) in [5, 5.41) is 4.44. The molecular weight excluding hydrogens is 274 g/mol. The molecule has 0 saturated carbocycles. The van der Waals surface area contributed by atoms with Gasteiger partial charge in [-0.25, -0.2) is 9.59 Å². The highest BCUT2D eigenvalue weighted by molar-refractivity contribution is 5.97. The maximum atomic E-state index is 11.8. The summed E-state index contributed by atoms with van der Waals surface area (Å²) in [5.41, 5.74) is 1.18. The number of carbonyl (C=O) groups is 3. The fraction of sp³-hybridized carbons (Fsp3) is 0.357. The Labute approximate surface area is 123 Å². The van der Waals surface area contributed by atoms with Crippen molar-refractivity contribution in [2.75, 3.05) is 32.1 Å². The van der Waals surface area contributed by atoms with E-state index in [-0.39, 0.29) is 0 Å². The molecule has 114 valence electrons. The van der Waals surface area contributed by atoms with Gasteiger partial charge in [-0.1, -0.05) is 6.07 Å². The molecule has 0 saturated heterocycles. The number of urea groups is 1. The molecule has 0 fully saturated rings. The van der Waals surface area contributed by atoms with Crippen LogP contribution >= 0.6 is 0 Å². The fourth-order valence-electron chi connectivity index (χ4n) is 1.49. The summed E-state index contributed by atoms with van der Waals surface area (Å²) >= 11 is 0. The molecule has 0 aromatic heterocycles. The molecule has 1 aromatic carbocycles. The van der Waals surface area contributed by atoms with Crippen LogP contribution in [-0.4, -0.2) is 45.2 Å². The highest BCUT2D eigenvalue weighted by Gasteiger charge is 2.12. The molecule has 0 bridgehead atoms. The van der Waals surface area contributed by atoms with E-state index in [4.69, 9.17) is 4.74 Å². The lowest BCUT2D eigenvalue weighted by Gasteiger charge is -2.13. The van der Waals surface area contributed by atoms with Crippen molar-refractivity contribution in [1.82, 2.24) is 10.6 Å². The highest BCUT2D eigenvalue weighted by Crippen LogP contribution is 2.14. The fourth-order valence-corrected chi connectivity index (χ4v) is 1.49. The Morgan fingerprint density at radius 3 is 2.57 bits per heavy atom. The molecule has 0 aliphatic carbocycles. The predicted octanol–water partition coefficient (Wildman–Crippen LogP) is 0.755. The van der Waals surface area contributed by atoms with Crippen molar-refractivity contribution in [3.8, 4) is 0 Å². The van der Waals surface area contributed by atoms with Crippen LogP contribution in [0.25, 0.3) is 0 Å². The van der Waals surface area contributed by atoms with E-state index in [9.17, 15) is 14.4 Å². The predicted molar refractivity (Wildman–Crippen MR) is 78.3 cm³/mol. The summed E-state index contributed by atoms with van der Waals surface area (Å²) in [6.45, 7) is 1.61. The summed E-state index contributed by atoms with van der Waals surface area (Å²) < 4.78 is 4.85. The number of hydrogen-bond acceptors (Lipinski definition) is 5. The molecule has 0 unspecified atom stereocenters. The SMILES string of the molecule is CCNC(=O)NC(=O)COC(=O)c1cccc(N(C)C)c1. The number of hydrogen-bond donors (Lipinski definition) is 2. The Balaban J connectivity index is 2.52. The van der Waals surface area contributed by atoms with E-state index >= 15 is 0 Å². The topological polar surface area (TPSA) is 87.7 Å². The van der Waals surface area contributed by atoms with E-state index in [2.05, 4.69) is 5.32 Å². The summed E-state index contributed by atoms with van der Waals surface area (Å²) in [5.74, 6) is -1.30. The van der Waals surface area contributed by atoms with Gasteiger partial charge in [0.15, 0.2) is 6.61 Å². The van der Waals surface area contributed by atoms with Crippen molar-refractivity contribution >= 4 is 23.6 Å². The van der Waals surface area contributed by atoms with Gasteiger partial charge in [-0.05, 0) is 25.1 Å². The first-order chi connectivity index (χ1) is 9.93. The molecule has 1 aromatic rings. The average Bonchev–Trinajstić information content (AvgIpc) is 2.45. The van der Waals surface area contributed by atoms with E-state index in [0.29, 0.717) is 12.1 Å². The van der Waals surface area contributed by atoms with Crippen molar-refractivity contribution in [3.63, 3.8) is 0 Å². The smallest absolute Gasteiger partial charge is 0.338 e. The van der Waals surface area contributed by atoms with E-state index in [0.717, 1.165) is 5.69 Å². The molecule has 7 heteroatoms. The van der Waals surface area contributed by atoms with Gasteiger partial charge >= 0.3 is 12.0 Å². The lowest BCUT2D eigenvalue weighted by Crippen LogP contribution is -2.41. The van der Waals surface area contributed by atoms with Gasteiger partial charge in [0, 0.05) is 26.3 Å².